The van der Waals surface area contributed by atoms with Crippen LogP contribution in [-0.4, -0.2) is 0 Å². The number of hydrogen-bond donors (Lipinski definition) is 0. The standard InChI is InChI=1S/2C6H2Cl4O.Ti/c2*7-2-1-3(11)5(9)6(10)4(2)8;/h2*1,11H;/q;;+2/p-2. The molecule has 2 aromatic rings. The fourth-order valence-corrected chi connectivity index (χ4v) is 2.67. The minimum absolute atomic E-state index is 0. The van der Waals surface area contributed by atoms with Crippen molar-refractivity contribution in [2.75, 3.05) is 0 Å². The summed E-state index contributed by atoms with van der Waals surface area (Å²) in [6.07, 6.45) is 0. The summed E-state index contributed by atoms with van der Waals surface area (Å²) in [5.74, 6) is -0.850. The van der Waals surface area contributed by atoms with Crippen LogP contribution >= 0.6 is 92.8 Å². The molecule has 0 bridgehead atoms. The van der Waals surface area contributed by atoms with Crippen LogP contribution < -0.4 is 10.2 Å². The zero-order chi connectivity index (χ0) is 17.2. The van der Waals surface area contributed by atoms with E-state index in [0.717, 1.165) is 12.1 Å². The zero-order valence-corrected chi connectivity index (χ0v) is 18.1. The Morgan fingerprint density at radius 2 is 0.739 bits per heavy atom. The molecule has 0 fully saturated rings. The first-order valence-corrected chi connectivity index (χ1v) is 8.10. The van der Waals surface area contributed by atoms with E-state index in [0.29, 0.717) is 0 Å². The van der Waals surface area contributed by atoms with Crippen molar-refractivity contribution >= 4 is 92.8 Å². The summed E-state index contributed by atoms with van der Waals surface area (Å²) in [6, 6.07) is 2.25. The van der Waals surface area contributed by atoms with Gasteiger partial charge < -0.3 is 10.2 Å². The van der Waals surface area contributed by atoms with Gasteiger partial charge in [0.25, 0.3) is 0 Å². The van der Waals surface area contributed by atoms with E-state index in [-0.39, 0.29) is 61.9 Å². The molecule has 0 aliphatic carbocycles. The molecule has 0 saturated carbocycles. The van der Waals surface area contributed by atoms with E-state index in [1.54, 1.807) is 0 Å². The molecule has 0 spiro atoms. The molecule has 0 amide bonds. The summed E-state index contributed by atoms with van der Waals surface area (Å²) in [5, 5.41) is 22.0. The van der Waals surface area contributed by atoms with Crippen molar-refractivity contribution in [3.05, 3.63) is 52.3 Å². The van der Waals surface area contributed by atoms with Crippen LogP contribution in [0.5, 0.6) is 11.5 Å². The van der Waals surface area contributed by atoms with E-state index < -0.39 is 11.5 Å². The smallest absolute Gasteiger partial charge is 0.871 e. The van der Waals surface area contributed by atoms with Crippen molar-refractivity contribution in [1.82, 2.24) is 0 Å². The maximum atomic E-state index is 10.9. The van der Waals surface area contributed by atoms with Crippen molar-refractivity contribution in [2.24, 2.45) is 0 Å². The molecule has 2 nitrogen and oxygen atoms in total. The largest absolute Gasteiger partial charge is 2.00 e. The van der Waals surface area contributed by atoms with Gasteiger partial charge in [-0.3, -0.25) is 0 Å². The Morgan fingerprint density at radius 3 is 1.00 bits per heavy atom. The summed E-state index contributed by atoms with van der Waals surface area (Å²) in [5.41, 5.74) is 0. The minimum Gasteiger partial charge on any atom is -0.871 e. The SMILES string of the molecule is [O-]c1cc(Cl)c(Cl)c(Cl)c1Cl.[O-]c1cc(Cl)c(Cl)c(Cl)c1Cl.[Ti+2]. The first kappa shape index (κ1) is 24.1. The molecule has 2 aromatic carbocycles. The molecule has 0 aliphatic rings. The van der Waals surface area contributed by atoms with Crippen LogP contribution in [0.4, 0.5) is 0 Å². The monoisotopic (exact) mass is 506 g/mol. The van der Waals surface area contributed by atoms with Gasteiger partial charge in [-0.25, -0.2) is 0 Å². The maximum absolute atomic E-state index is 10.9. The Morgan fingerprint density at radius 1 is 0.478 bits per heavy atom. The molecule has 122 valence electrons. The molecule has 0 saturated heterocycles. The van der Waals surface area contributed by atoms with E-state index >= 15 is 0 Å². The molecule has 0 aliphatic heterocycles. The first-order chi connectivity index (χ1) is 10.1. The topological polar surface area (TPSA) is 46.1 Å². The van der Waals surface area contributed by atoms with Gasteiger partial charge in [-0.1, -0.05) is 104 Å². The quantitative estimate of drug-likeness (QED) is 0.224. The summed E-state index contributed by atoms with van der Waals surface area (Å²) in [7, 11) is 0. The molecule has 23 heavy (non-hydrogen) atoms. The Bertz CT molecular complexity index is 609. The summed E-state index contributed by atoms with van der Waals surface area (Å²) < 4.78 is 0. The normalized spacial score (nSPS) is 9.74. The number of rotatable bonds is 0. The van der Waals surface area contributed by atoms with E-state index in [2.05, 4.69) is 0 Å². The molecule has 2 rings (SSSR count). The molecule has 0 heterocycles. The third-order valence-electron chi connectivity index (χ3n) is 2.14. The van der Waals surface area contributed by atoms with Crippen molar-refractivity contribution in [3.63, 3.8) is 0 Å². The number of hydrogen-bond acceptors (Lipinski definition) is 2. The second-order valence-corrected chi connectivity index (χ2v) is 6.68. The Balaban J connectivity index is 0.000000403. The molecular weight excluding hydrogens is 508 g/mol. The van der Waals surface area contributed by atoms with Gasteiger partial charge >= 0.3 is 21.7 Å². The molecular formula is C12H2Cl8O2Ti. The minimum atomic E-state index is -0.425. The number of halogens is 8. The molecule has 0 aromatic heterocycles. The van der Waals surface area contributed by atoms with E-state index in [1.807, 2.05) is 0 Å². The van der Waals surface area contributed by atoms with Gasteiger partial charge in [0.1, 0.15) is 0 Å². The predicted octanol–water partition coefficient (Wildman–Crippen LogP) is 6.75. The van der Waals surface area contributed by atoms with E-state index in [1.165, 1.54) is 0 Å². The van der Waals surface area contributed by atoms with Gasteiger partial charge in [0.2, 0.25) is 0 Å². The fourth-order valence-electron chi connectivity index (χ4n) is 1.10. The van der Waals surface area contributed by atoms with Gasteiger partial charge in [-0.2, -0.15) is 0 Å². The van der Waals surface area contributed by atoms with Crippen LogP contribution in [0.3, 0.4) is 0 Å². The van der Waals surface area contributed by atoms with Crippen LogP contribution in [-0.2, 0) is 21.7 Å². The van der Waals surface area contributed by atoms with Gasteiger partial charge in [-0.15, -0.1) is 0 Å². The van der Waals surface area contributed by atoms with E-state index in [4.69, 9.17) is 92.8 Å². The average molecular weight is 510 g/mol. The van der Waals surface area contributed by atoms with Gasteiger partial charge in [0.05, 0.1) is 40.2 Å². The summed E-state index contributed by atoms with van der Waals surface area (Å²) >= 11 is 44.2. The van der Waals surface area contributed by atoms with Crippen LogP contribution in [0.2, 0.25) is 40.2 Å². The average Bonchev–Trinajstić information content (AvgIpc) is 2.47. The second kappa shape index (κ2) is 10.3. The van der Waals surface area contributed by atoms with Crippen LogP contribution in [0.15, 0.2) is 12.1 Å². The van der Waals surface area contributed by atoms with Gasteiger partial charge in [0.15, 0.2) is 0 Å². The van der Waals surface area contributed by atoms with Crippen molar-refractivity contribution in [1.29, 1.82) is 0 Å². The predicted molar refractivity (Wildman–Crippen MR) is 91.9 cm³/mol. The van der Waals surface area contributed by atoms with Gasteiger partial charge in [-0.05, 0) is 12.1 Å². The molecule has 0 unspecified atom stereocenters. The maximum Gasteiger partial charge on any atom is 2.00 e. The summed E-state index contributed by atoms with van der Waals surface area (Å²) in [6.45, 7) is 0. The molecule has 11 heteroatoms. The molecule has 0 radical (unpaired) electrons. The summed E-state index contributed by atoms with van der Waals surface area (Å²) in [4.78, 5) is 0. The fraction of sp³-hybridized carbons (Fsp3) is 0. The van der Waals surface area contributed by atoms with Crippen molar-refractivity contribution in [3.8, 4) is 11.5 Å². The molecule has 0 atom stereocenters. The number of benzene rings is 2. The van der Waals surface area contributed by atoms with Crippen molar-refractivity contribution in [2.45, 2.75) is 0 Å². The molecule has 0 N–H and O–H groups in total. The van der Waals surface area contributed by atoms with Crippen LogP contribution in [0, 0.1) is 0 Å². The Labute approximate surface area is 187 Å². The third-order valence-corrected chi connectivity index (χ3v) is 5.61. The van der Waals surface area contributed by atoms with Gasteiger partial charge in [0, 0.05) is 0 Å². The Hall–Kier alpha value is 1.07. The van der Waals surface area contributed by atoms with E-state index in [9.17, 15) is 10.2 Å². The Kier molecular flexibility index (Phi) is 10.8. The first-order valence-electron chi connectivity index (χ1n) is 5.07. The van der Waals surface area contributed by atoms with Crippen LogP contribution in [0.25, 0.3) is 0 Å². The van der Waals surface area contributed by atoms with Crippen LogP contribution in [0.1, 0.15) is 0 Å². The zero-order valence-electron chi connectivity index (χ0n) is 10.5. The van der Waals surface area contributed by atoms with Crippen molar-refractivity contribution < 1.29 is 31.9 Å². The third kappa shape index (κ3) is 6.07. The second-order valence-electron chi connectivity index (χ2n) is 3.60.